The molecule has 0 radical (unpaired) electrons. The smallest absolute Gasteiger partial charge is 0.224 e. The van der Waals surface area contributed by atoms with Gasteiger partial charge in [0.1, 0.15) is 0 Å². The fourth-order valence-corrected chi connectivity index (χ4v) is 1.65. The average molecular weight is 248 g/mol. The Morgan fingerprint density at radius 3 is 2.33 bits per heavy atom. The summed E-state index contributed by atoms with van der Waals surface area (Å²) in [6.07, 6.45) is 0.417. The molecule has 0 saturated carbocycles. The topological polar surface area (TPSA) is 46.3 Å². The summed E-state index contributed by atoms with van der Waals surface area (Å²) in [6.45, 7) is 6.78. The summed E-state index contributed by atoms with van der Waals surface area (Å²) in [7, 11) is 1.83. The van der Waals surface area contributed by atoms with Crippen molar-refractivity contribution in [1.82, 2.24) is 4.90 Å². The van der Waals surface area contributed by atoms with Gasteiger partial charge in [0.2, 0.25) is 5.91 Å². The van der Waals surface area contributed by atoms with E-state index >= 15 is 0 Å². The highest BCUT2D eigenvalue weighted by atomic mass is 16.2. The summed E-state index contributed by atoms with van der Waals surface area (Å²) in [6, 6.07) is 8.18. The number of amides is 1. The Morgan fingerprint density at radius 1 is 1.28 bits per heavy atom. The van der Waals surface area contributed by atoms with Gasteiger partial charge in [-0.3, -0.25) is 4.79 Å². The Labute approximate surface area is 110 Å². The summed E-state index contributed by atoms with van der Waals surface area (Å²) in [4.78, 5) is 13.7. The molecule has 18 heavy (non-hydrogen) atoms. The summed E-state index contributed by atoms with van der Waals surface area (Å²) in [5, 5.41) is 0. The highest BCUT2D eigenvalue weighted by Gasteiger charge is 2.16. The second kappa shape index (κ2) is 6.55. The van der Waals surface area contributed by atoms with Crippen LogP contribution in [0.4, 0.5) is 0 Å². The van der Waals surface area contributed by atoms with Crippen LogP contribution < -0.4 is 5.73 Å². The van der Waals surface area contributed by atoms with Crippen LogP contribution in [0.2, 0.25) is 0 Å². The molecule has 3 heteroatoms. The third kappa shape index (κ3) is 4.49. The molecule has 2 N–H and O–H groups in total. The molecule has 1 unspecified atom stereocenters. The molecule has 0 spiro atoms. The quantitative estimate of drug-likeness (QED) is 0.869. The Morgan fingerprint density at radius 2 is 1.83 bits per heavy atom. The number of benzene rings is 1. The lowest BCUT2D eigenvalue weighted by molar-refractivity contribution is -0.131. The summed E-state index contributed by atoms with van der Waals surface area (Å²) >= 11 is 0. The summed E-state index contributed by atoms with van der Waals surface area (Å²) in [5.41, 5.74) is 8.30. The molecule has 0 aliphatic heterocycles. The maximum atomic E-state index is 12.0. The molecular weight excluding hydrogens is 224 g/mol. The molecule has 0 fully saturated rings. The van der Waals surface area contributed by atoms with Gasteiger partial charge in [0.15, 0.2) is 0 Å². The van der Waals surface area contributed by atoms with Crippen molar-refractivity contribution in [3.8, 4) is 0 Å². The lowest BCUT2D eigenvalue weighted by Crippen LogP contribution is -2.35. The summed E-state index contributed by atoms with van der Waals surface area (Å²) < 4.78 is 0. The van der Waals surface area contributed by atoms with E-state index in [4.69, 9.17) is 5.73 Å². The normalized spacial score (nSPS) is 12.6. The molecular formula is C15H24N2O. The van der Waals surface area contributed by atoms with Crippen molar-refractivity contribution in [3.05, 3.63) is 35.4 Å². The minimum absolute atomic E-state index is 0.0574. The van der Waals surface area contributed by atoms with Crippen molar-refractivity contribution in [2.75, 3.05) is 7.05 Å². The van der Waals surface area contributed by atoms with Crippen LogP contribution in [-0.2, 0) is 11.3 Å². The van der Waals surface area contributed by atoms with Crippen molar-refractivity contribution in [2.45, 2.75) is 39.8 Å². The minimum Gasteiger partial charge on any atom is -0.341 e. The zero-order valence-electron chi connectivity index (χ0n) is 11.8. The van der Waals surface area contributed by atoms with E-state index < -0.39 is 0 Å². The van der Waals surface area contributed by atoms with Crippen molar-refractivity contribution in [2.24, 2.45) is 11.7 Å². The number of carbonyl (C=O) groups excluding carboxylic acids is 1. The van der Waals surface area contributed by atoms with Crippen molar-refractivity contribution < 1.29 is 4.79 Å². The first-order valence-corrected chi connectivity index (χ1v) is 6.45. The highest BCUT2D eigenvalue weighted by Crippen LogP contribution is 2.09. The van der Waals surface area contributed by atoms with E-state index in [2.05, 4.69) is 31.2 Å². The van der Waals surface area contributed by atoms with Crippen LogP contribution in [0.15, 0.2) is 24.3 Å². The number of nitrogens with zero attached hydrogens (tertiary/aromatic N) is 1. The van der Waals surface area contributed by atoms with E-state index in [0.29, 0.717) is 18.9 Å². The van der Waals surface area contributed by atoms with Gasteiger partial charge in [-0.2, -0.15) is 0 Å². The van der Waals surface area contributed by atoms with Crippen LogP contribution in [-0.4, -0.2) is 23.9 Å². The maximum absolute atomic E-state index is 12.0. The number of hydrogen-bond acceptors (Lipinski definition) is 2. The Balaban J connectivity index is 2.52. The zero-order chi connectivity index (χ0) is 13.7. The van der Waals surface area contributed by atoms with Gasteiger partial charge in [0.25, 0.3) is 0 Å². The fourth-order valence-electron chi connectivity index (χ4n) is 1.65. The molecule has 1 amide bonds. The van der Waals surface area contributed by atoms with Crippen molar-refractivity contribution >= 4 is 5.91 Å². The third-order valence-electron chi connectivity index (χ3n) is 3.23. The molecule has 1 rings (SSSR count). The molecule has 0 aliphatic rings. The second-order valence-corrected chi connectivity index (χ2v) is 5.35. The van der Waals surface area contributed by atoms with Crippen LogP contribution in [0.25, 0.3) is 0 Å². The zero-order valence-corrected chi connectivity index (χ0v) is 11.8. The van der Waals surface area contributed by atoms with Crippen LogP contribution >= 0.6 is 0 Å². The van der Waals surface area contributed by atoms with Gasteiger partial charge in [0, 0.05) is 26.1 Å². The first-order chi connectivity index (χ1) is 8.40. The van der Waals surface area contributed by atoms with Gasteiger partial charge in [-0.15, -0.1) is 0 Å². The molecule has 1 aromatic rings. The molecule has 1 atom stereocenters. The molecule has 3 nitrogen and oxygen atoms in total. The Kier molecular flexibility index (Phi) is 5.35. The fraction of sp³-hybridized carbons (Fsp3) is 0.533. The standard InChI is InChI=1S/C15H24N2O/c1-11(2)14(16)9-15(18)17(4)10-13-7-5-12(3)6-8-13/h5-8,11,14H,9-10,16H2,1-4H3. The highest BCUT2D eigenvalue weighted by molar-refractivity contribution is 5.76. The van der Waals surface area contributed by atoms with Crippen LogP contribution in [0.5, 0.6) is 0 Å². The van der Waals surface area contributed by atoms with Crippen LogP contribution in [0.3, 0.4) is 0 Å². The number of nitrogens with two attached hydrogens (primary N) is 1. The lowest BCUT2D eigenvalue weighted by Gasteiger charge is -2.21. The average Bonchev–Trinajstić information content (AvgIpc) is 2.31. The first-order valence-electron chi connectivity index (χ1n) is 6.45. The van der Waals surface area contributed by atoms with Crippen LogP contribution in [0.1, 0.15) is 31.4 Å². The molecule has 0 aromatic heterocycles. The number of carbonyl (C=O) groups is 1. The van der Waals surface area contributed by atoms with Gasteiger partial charge >= 0.3 is 0 Å². The lowest BCUT2D eigenvalue weighted by atomic mass is 10.0. The monoisotopic (exact) mass is 248 g/mol. The van der Waals surface area contributed by atoms with E-state index in [1.807, 2.05) is 20.9 Å². The predicted molar refractivity (Wildman–Crippen MR) is 75.1 cm³/mol. The minimum atomic E-state index is -0.0574. The summed E-state index contributed by atoms with van der Waals surface area (Å²) in [5.74, 6) is 0.443. The maximum Gasteiger partial charge on any atom is 0.224 e. The van der Waals surface area contributed by atoms with E-state index in [1.54, 1.807) is 4.90 Å². The van der Waals surface area contributed by atoms with E-state index in [1.165, 1.54) is 5.56 Å². The SMILES string of the molecule is Cc1ccc(CN(C)C(=O)CC(N)C(C)C)cc1. The molecule has 0 heterocycles. The van der Waals surface area contributed by atoms with Gasteiger partial charge < -0.3 is 10.6 Å². The second-order valence-electron chi connectivity index (χ2n) is 5.35. The molecule has 100 valence electrons. The molecule has 0 bridgehead atoms. The van der Waals surface area contributed by atoms with Crippen molar-refractivity contribution in [1.29, 1.82) is 0 Å². The van der Waals surface area contributed by atoms with E-state index in [0.717, 1.165) is 5.56 Å². The van der Waals surface area contributed by atoms with E-state index in [-0.39, 0.29) is 11.9 Å². The number of hydrogen-bond donors (Lipinski definition) is 1. The number of rotatable bonds is 5. The van der Waals surface area contributed by atoms with E-state index in [9.17, 15) is 4.79 Å². The number of aryl methyl sites for hydroxylation is 1. The van der Waals surface area contributed by atoms with Crippen LogP contribution in [0, 0.1) is 12.8 Å². The van der Waals surface area contributed by atoms with Gasteiger partial charge in [0.05, 0.1) is 0 Å². The molecule has 1 aromatic carbocycles. The third-order valence-corrected chi connectivity index (χ3v) is 3.23. The van der Waals surface area contributed by atoms with Gasteiger partial charge in [-0.25, -0.2) is 0 Å². The predicted octanol–water partition coefficient (Wildman–Crippen LogP) is 2.33. The first kappa shape index (κ1) is 14.7. The molecule has 0 saturated heterocycles. The Bertz CT molecular complexity index is 384. The Hall–Kier alpha value is -1.35. The molecule has 0 aliphatic carbocycles. The largest absolute Gasteiger partial charge is 0.341 e. The van der Waals surface area contributed by atoms with Gasteiger partial charge in [-0.1, -0.05) is 43.7 Å². The van der Waals surface area contributed by atoms with Crippen molar-refractivity contribution in [3.63, 3.8) is 0 Å². The van der Waals surface area contributed by atoms with Gasteiger partial charge in [-0.05, 0) is 18.4 Å².